The fourth-order valence-corrected chi connectivity index (χ4v) is 6.34. The number of amides is 1. The van der Waals surface area contributed by atoms with Crippen LogP contribution in [0.25, 0.3) is 0 Å². The van der Waals surface area contributed by atoms with Crippen LogP contribution in [0.5, 0.6) is 0 Å². The molecule has 0 bridgehead atoms. The summed E-state index contributed by atoms with van der Waals surface area (Å²) in [5.74, 6) is -1.10. The molecule has 1 fully saturated rings. The van der Waals surface area contributed by atoms with E-state index in [1.54, 1.807) is 33.1 Å². The number of likely N-dealkylation sites (tertiary alicyclic amines) is 1. The van der Waals surface area contributed by atoms with E-state index in [0.717, 1.165) is 23.5 Å². The number of aromatic nitrogens is 1. The Morgan fingerprint density at radius 1 is 1.31 bits per heavy atom. The summed E-state index contributed by atoms with van der Waals surface area (Å²) in [6, 6.07) is 1.33. The van der Waals surface area contributed by atoms with Gasteiger partial charge in [0, 0.05) is 31.0 Å². The number of hydrogen-bond acceptors (Lipinski definition) is 9. The molecule has 1 unspecified atom stereocenters. The van der Waals surface area contributed by atoms with Crippen molar-refractivity contribution in [2.75, 3.05) is 23.1 Å². The van der Waals surface area contributed by atoms with Crippen molar-refractivity contribution in [3.8, 4) is 0 Å². The van der Waals surface area contributed by atoms with Gasteiger partial charge in [0.25, 0.3) is 10.0 Å². The van der Waals surface area contributed by atoms with Crippen molar-refractivity contribution in [2.24, 2.45) is 0 Å². The lowest BCUT2D eigenvalue weighted by Gasteiger charge is -2.28. The summed E-state index contributed by atoms with van der Waals surface area (Å²) < 4.78 is 47.2. The third-order valence-corrected chi connectivity index (χ3v) is 8.38. The van der Waals surface area contributed by atoms with Gasteiger partial charge in [-0.2, -0.15) is 0 Å². The molecule has 1 aromatic heterocycles. The Morgan fingerprint density at radius 2 is 2.03 bits per heavy atom. The smallest absolute Gasteiger partial charge is 0.411 e. The molecule has 3 rings (SSSR count). The SMILES string of the molecule is CC1(O)C[C@@H](C(=O)CCCCCNc2cc(F)c(S(=O)(=O)Nc3nccs3)cc2Cl)N(C(=O)OC(C)(C)C)C1. The first-order chi connectivity index (χ1) is 18.1. The largest absolute Gasteiger partial charge is 0.444 e. The zero-order valence-electron chi connectivity index (χ0n) is 22.3. The number of thiazole rings is 1. The third-order valence-electron chi connectivity index (χ3n) is 5.90. The second-order valence-corrected chi connectivity index (χ2v) is 13.7. The summed E-state index contributed by atoms with van der Waals surface area (Å²) >= 11 is 7.27. The van der Waals surface area contributed by atoms with Gasteiger partial charge in [-0.1, -0.05) is 18.0 Å². The molecule has 1 saturated heterocycles. The standard InChI is InChI=1S/C25H34ClFN4O6S2/c1-24(2,3)37-23(33)31-15-25(4,34)14-19(31)20(32)8-6-5-7-9-28-18-13-17(27)21(12-16(18)26)39(35,36)30-22-29-10-11-38-22/h10-13,19,28,34H,5-9,14-15H2,1-4H3,(H,29,30)/t19-,25?/m0/s1. The first kappa shape index (κ1) is 31.1. The summed E-state index contributed by atoms with van der Waals surface area (Å²) in [4.78, 5) is 30.0. The van der Waals surface area contributed by atoms with Crippen molar-refractivity contribution in [3.05, 3.63) is 34.5 Å². The molecule has 0 spiro atoms. The Morgan fingerprint density at radius 3 is 2.67 bits per heavy atom. The van der Waals surface area contributed by atoms with E-state index < -0.39 is 44.1 Å². The monoisotopic (exact) mass is 604 g/mol. The number of ketones is 1. The van der Waals surface area contributed by atoms with Crippen molar-refractivity contribution in [1.82, 2.24) is 9.88 Å². The summed E-state index contributed by atoms with van der Waals surface area (Å²) in [7, 11) is -4.20. The van der Waals surface area contributed by atoms with Gasteiger partial charge in [-0.3, -0.25) is 14.4 Å². The molecule has 0 aliphatic carbocycles. The molecule has 0 radical (unpaired) electrons. The van der Waals surface area contributed by atoms with Gasteiger partial charge in [-0.25, -0.2) is 22.6 Å². The van der Waals surface area contributed by atoms with Crippen LogP contribution in [0.3, 0.4) is 0 Å². The predicted octanol–water partition coefficient (Wildman–Crippen LogP) is 5.04. The minimum atomic E-state index is -4.20. The topological polar surface area (TPSA) is 138 Å². The van der Waals surface area contributed by atoms with Gasteiger partial charge in [0.2, 0.25) is 0 Å². The van der Waals surface area contributed by atoms with Crippen molar-refractivity contribution in [3.63, 3.8) is 0 Å². The van der Waals surface area contributed by atoms with Crippen LogP contribution in [0, 0.1) is 5.82 Å². The Labute approximate surface area is 237 Å². The van der Waals surface area contributed by atoms with E-state index in [0.29, 0.717) is 25.8 Å². The van der Waals surface area contributed by atoms with Gasteiger partial charge in [0.05, 0.1) is 28.9 Å². The van der Waals surface area contributed by atoms with E-state index in [2.05, 4.69) is 15.0 Å². The second-order valence-electron chi connectivity index (χ2n) is 10.7. The van der Waals surface area contributed by atoms with Crippen LogP contribution in [-0.4, -0.2) is 65.6 Å². The number of hydrogen-bond donors (Lipinski definition) is 3. The molecule has 1 aliphatic rings. The highest BCUT2D eigenvalue weighted by Crippen LogP contribution is 2.31. The highest BCUT2D eigenvalue weighted by Gasteiger charge is 2.46. The normalized spacial score (nSPS) is 19.7. The number of sulfonamides is 1. The van der Waals surface area contributed by atoms with Crippen LogP contribution in [0.2, 0.25) is 5.02 Å². The number of unbranched alkanes of at least 4 members (excludes halogenated alkanes) is 2. The number of nitrogens with one attached hydrogen (secondary N) is 2. The molecule has 1 aromatic carbocycles. The summed E-state index contributed by atoms with van der Waals surface area (Å²) in [5, 5.41) is 15.2. The van der Waals surface area contributed by atoms with Crippen LogP contribution in [0.4, 0.5) is 20.0 Å². The van der Waals surface area contributed by atoms with Crippen LogP contribution in [0.15, 0.2) is 28.6 Å². The number of benzene rings is 1. The van der Waals surface area contributed by atoms with Crippen molar-refractivity contribution in [2.45, 2.75) is 81.9 Å². The summed E-state index contributed by atoms with van der Waals surface area (Å²) in [5.41, 5.74) is -1.63. The highest BCUT2D eigenvalue weighted by atomic mass is 35.5. The number of rotatable bonds is 11. The van der Waals surface area contributed by atoms with E-state index in [1.807, 2.05) is 0 Å². The number of halogens is 2. The van der Waals surface area contributed by atoms with E-state index >= 15 is 0 Å². The number of nitrogens with zero attached hydrogens (tertiary/aromatic N) is 2. The molecule has 216 valence electrons. The maximum absolute atomic E-state index is 14.6. The first-order valence-corrected chi connectivity index (χ1v) is 15.2. The number of carbonyl (C=O) groups excluding carboxylic acids is 2. The zero-order valence-corrected chi connectivity index (χ0v) is 24.7. The quantitative estimate of drug-likeness (QED) is 0.303. The molecular formula is C25H34ClFN4O6S2. The van der Waals surface area contributed by atoms with E-state index in [9.17, 15) is 27.5 Å². The lowest BCUT2D eigenvalue weighted by atomic mass is 9.98. The predicted molar refractivity (Wildman–Crippen MR) is 148 cm³/mol. The highest BCUT2D eigenvalue weighted by molar-refractivity contribution is 7.93. The molecule has 10 nitrogen and oxygen atoms in total. The number of carbonyl (C=O) groups is 2. The molecule has 3 N–H and O–H groups in total. The van der Waals surface area contributed by atoms with Crippen LogP contribution in [-0.2, 0) is 19.6 Å². The maximum Gasteiger partial charge on any atom is 0.411 e. The van der Waals surface area contributed by atoms with Crippen molar-refractivity contribution < 1.29 is 32.2 Å². The average Bonchev–Trinajstić information content (AvgIpc) is 3.43. The number of β-amino-alcohol motifs (C(OH)–C–C–N with tert-alkyl or cyclic N) is 1. The van der Waals surface area contributed by atoms with E-state index in [4.69, 9.17) is 16.3 Å². The van der Waals surface area contributed by atoms with Gasteiger partial charge in [-0.05, 0) is 52.7 Å². The Balaban J connectivity index is 1.47. The maximum atomic E-state index is 14.6. The number of aliphatic hydroxyl groups is 1. The van der Waals surface area contributed by atoms with Gasteiger partial charge in [-0.15, -0.1) is 11.3 Å². The Bertz CT molecular complexity index is 1280. The molecule has 0 saturated carbocycles. The molecule has 2 aromatic rings. The minimum absolute atomic E-state index is 0.0284. The zero-order chi connectivity index (χ0) is 29.0. The van der Waals surface area contributed by atoms with Gasteiger partial charge in [0.15, 0.2) is 10.9 Å². The first-order valence-electron chi connectivity index (χ1n) is 12.5. The van der Waals surface area contributed by atoms with E-state index in [1.165, 1.54) is 11.1 Å². The summed E-state index contributed by atoms with van der Waals surface area (Å²) in [6.07, 6.45) is 3.05. The minimum Gasteiger partial charge on any atom is -0.444 e. The van der Waals surface area contributed by atoms with E-state index in [-0.39, 0.29) is 41.0 Å². The molecule has 1 amide bonds. The molecule has 2 heterocycles. The van der Waals surface area contributed by atoms with Crippen LogP contribution < -0.4 is 10.0 Å². The Kier molecular flexibility index (Phi) is 9.84. The van der Waals surface area contributed by atoms with Crippen molar-refractivity contribution >= 4 is 55.7 Å². The number of ether oxygens (including phenoxy) is 1. The third kappa shape index (κ3) is 8.75. The lowest BCUT2D eigenvalue weighted by molar-refractivity contribution is -0.123. The second kappa shape index (κ2) is 12.4. The van der Waals surface area contributed by atoms with Gasteiger partial charge in [0.1, 0.15) is 16.3 Å². The average molecular weight is 605 g/mol. The van der Waals surface area contributed by atoms with Crippen LogP contribution >= 0.6 is 22.9 Å². The van der Waals surface area contributed by atoms with Gasteiger partial charge < -0.3 is 15.2 Å². The van der Waals surface area contributed by atoms with Gasteiger partial charge >= 0.3 is 6.09 Å². The number of Topliss-reactive ketones (excluding diaryl/α,β-unsaturated/α-hetero) is 1. The molecule has 14 heteroatoms. The van der Waals surface area contributed by atoms with Crippen LogP contribution in [0.1, 0.15) is 59.8 Å². The molecule has 1 aliphatic heterocycles. The summed E-state index contributed by atoms with van der Waals surface area (Å²) in [6.45, 7) is 7.26. The Hall–Kier alpha value is -2.48. The fourth-order valence-electron chi connectivity index (χ4n) is 4.17. The fraction of sp³-hybridized carbons (Fsp3) is 0.560. The molecule has 2 atom stereocenters. The van der Waals surface area contributed by atoms with Crippen molar-refractivity contribution in [1.29, 1.82) is 0 Å². The lowest BCUT2D eigenvalue weighted by Crippen LogP contribution is -2.43. The number of anilines is 2. The molecule has 39 heavy (non-hydrogen) atoms. The molecular weight excluding hydrogens is 571 g/mol.